The first-order valence-electron chi connectivity index (χ1n) is 4.26. The summed E-state index contributed by atoms with van der Waals surface area (Å²) in [6, 6.07) is 0. The van der Waals surface area contributed by atoms with Crippen molar-refractivity contribution in [2.75, 3.05) is 13.7 Å². The minimum absolute atomic E-state index is 0.149. The van der Waals surface area contributed by atoms with E-state index in [1.54, 1.807) is 0 Å². The zero-order valence-corrected chi connectivity index (χ0v) is 8.75. The molecule has 0 amide bonds. The van der Waals surface area contributed by atoms with Crippen molar-refractivity contribution in [3.8, 4) is 0 Å². The first-order valence-corrected chi connectivity index (χ1v) is 4.26. The van der Waals surface area contributed by atoms with Crippen molar-refractivity contribution in [3.63, 3.8) is 0 Å². The van der Waals surface area contributed by atoms with Gasteiger partial charge in [0.1, 0.15) is 7.11 Å². The number of ether oxygens (including phenoxy) is 2. The van der Waals surface area contributed by atoms with Crippen LogP contribution in [0.25, 0.3) is 0 Å². The quantitative estimate of drug-likeness (QED) is 0.215. The second kappa shape index (κ2) is 7.95. The molecule has 0 bridgehead atoms. The Bertz CT molecular complexity index is 229. The van der Waals surface area contributed by atoms with Crippen molar-refractivity contribution in [1.82, 2.24) is 0 Å². The Kier molecular flexibility index (Phi) is 7.21. The third kappa shape index (κ3) is 6.64. The molecule has 2 unspecified atom stereocenters. The SMILES string of the molecule is C=CCOC(OC(C)=O)C(O)C=NOC. The molecule has 2 atom stereocenters. The molecule has 1 N–H and O–H groups in total. The van der Waals surface area contributed by atoms with Crippen LogP contribution in [0, 0.1) is 0 Å². The molecule has 0 heterocycles. The molecule has 15 heavy (non-hydrogen) atoms. The molecule has 0 saturated carbocycles. The fraction of sp³-hybridized carbons (Fsp3) is 0.556. The summed E-state index contributed by atoms with van der Waals surface area (Å²) in [5, 5.41) is 12.8. The van der Waals surface area contributed by atoms with E-state index in [0.29, 0.717) is 0 Å². The first kappa shape index (κ1) is 13.6. The molecule has 0 aromatic carbocycles. The summed E-state index contributed by atoms with van der Waals surface area (Å²) in [6.45, 7) is 4.79. The Balaban J connectivity index is 4.24. The average Bonchev–Trinajstić information content (AvgIpc) is 2.20. The highest BCUT2D eigenvalue weighted by atomic mass is 16.7. The van der Waals surface area contributed by atoms with Gasteiger partial charge in [-0.2, -0.15) is 0 Å². The van der Waals surface area contributed by atoms with E-state index in [4.69, 9.17) is 9.47 Å². The Morgan fingerprint density at radius 3 is 2.80 bits per heavy atom. The van der Waals surface area contributed by atoms with Gasteiger partial charge in [0, 0.05) is 6.92 Å². The highest BCUT2D eigenvalue weighted by Crippen LogP contribution is 2.01. The number of aliphatic hydroxyl groups is 1. The largest absolute Gasteiger partial charge is 0.433 e. The maximum Gasteiger partial charge on any atom is 0.305 e. The van der Waals surface area contributed by atoms with Crippen molar-refractivity contribution in [2.45, 2.75) is 19.3 Å². The third-order valence-electron chi connectivity index (χ3n) is 1.26. The molecule has 86 valence electrons. The lowest BCUT2D eigenvalue weighted by Crippen LogP contribution is -2.34. The number of esters is 1. The molecule has 6 nitrogen and oxygen atoms in total. The standard InChI is InChI=1S/C9H15NO5/c1-4-5-14-9(15-7(2)11)8(12)6-10-13-3/h4,6,8-9,12H,1,5H2,2-3H3. The van der Waals surface area contributed by atoms with Crippen LogP contribution in [0.1, 0.15) is 6.92 Å². The number of carbonyl (C=O) groups is 1. The van der Waals surface area contributed by atoms with Crippen LogP contribution in [0.2, 0.25) is 0 Å². The molecular formula is C9H15NO5. The maximum absolute atomic E-state index is 10.7. The van der Waals surface area contributed by atoms with Crippen molar-refractivity contribution in [1.29, 1.82) is 0 Å². The predicted molar refractivity (Wildman–Crippen MR) is 53.2 cm³/mol. The number of hydrogen-bond acceptors (Lipinski definition) is 6. The molecule has 0 aromatic heterocycles. The van der Waals surface area contributed by atoms with Gasteiger partial charge in [-0.25, -0.2) is 0 Å². The Labute approximate surface area is 88.1 Å². The summed E-state index contributed by atoms with van der Waals surface area (Å²) in [4.78, 5) is 15.0. The molecule has 0 saturated heterocycles. The van der Waals surface area contributed by atoms with Crippen molar-refractivity contribution >= 4 is 12.2 Å². The van der Waals surface area contributed by atoms with Gasteiger partial charge in [0.2, 0.25) is 6.29 Å². The Morgan fingerprint density at radius 2 is 2.33 bits per heavy atom. The van der Waals surface area contributed by atoms with Gasteiger partial charge in [0.05, 0.1) is 12.8 Å². The summed E-state index contributed by atoms with van der Waals surface area (Å²) in [5.74, 6) is -0.561. The summed E-state index contributed by atoms with van der Waals surface area (Å²) in [5.41, 5.74) is 0. The molecule has 0 aliphatic rings. The number of carbonyl (C=O) groups excluding carboxylic acids is 1. The van der Waals surface area contributed by atoms with Gasteiger partial charge in [-0.1, -0.05) is 11.2 Å². The molecule has 0 rings (SSSR count). The Morgan fingerprint density at radius 1 is 1.67 bits per heavy atom. The number of rotatable bonds is 7. The molecule has 6 heteroatoms. The minimum Gasteiger partial charge on any atom is -0.433 e. The van der Waals surface area contributed by atoms with Gasteiger partial charge >= 0.3 is 5.97 Å². The summed E-state index contributed by atoms with van der Waals surface area (Å²) in [7, 11) is 1.33. The third-order valence-corrected chi connectivity index (χ3v) is 1.26. The Hall–Kier alpha value is -1.40. The van der Waals surface area contributed by atoms with Crippen LogP contribution >= 0.6 is 0 Å². The minimum atomic E-state index is -1.19. The van der Waals surface area contributed by atoms with E-state index in [-0.39, 0.29) is 6.61 Å². The molecule has 0 aromatic rings. The fourth-order valence-electron chi connectivity index (χ4n) is 0.722. The number of oxime groups is 1. The van der Waals surface area contributed by atoms with Gasteiger partial charge in [-0.15, -0.1) is 6.58 Å². The van der Waals surface area contributed by atoms with Crippen LogP contribution in [-0.2, 0) is 19.1 Å². The lowest BCUT2D eigenvalue weighted by Gasteiger charge is -2.19. The molecule has 0 aliphatic heterocycles. The van der Waals surface area contributed by atoms with E-state index in [0.717, 1.165) is 6.21 Å². The fourth-order valence-corrected chi connectivity index (χ4v) is 0.722. The molecule has 0 aliphatic carbocycles. The smallest absolute Gasteiger partial charge is 0.305 e. The van der Waals surface area contributed by atoms with E-state index in [2.05, 4.69) is 16.6 Å². The lowest BCUT2D eigenvalue weighted by atomic mass is 10.4. The van der Waals surface area contributed by atoms with Crippen LogP contribution in [-0.4, -0.2) is 43.4 Å². The normalized spacial score (nSPS) is 14.6. The molecule has 0 spiro atoms. The van der Waals surface area contributed by atoms with E-state index < -0.39 is 18.4 Å². The molecule has 0 fully saturated rings. The second-order valence-electron chi connectivity index (χ2n) is 2.53. The topological polar surface area (TPSA) is 77.4 Å². The van der Waals surface area contributed by atoms with E-state index in [9.17, 15) is 9.90 Å². The first-order chi connectivity index (χ1) is 7.11. The summed E-state index contributed by atoms with van der Waals surface area (Å²) >= 11 is 0. The van der Waals surface area contributed by atoms with E-state index in [1.807, 2.05) is 0 Å². The zero-order chi connectivity index (χ0) is 11.7. The van der Waals surface area contributed by atoms with Gasteiger partial charge < -0.3 is 19.4 Å². The van der Waals surface area contributed by atoms with E-state index in [1.165, 1.54) is 20.1 Å². The summed E-state index contributed by atoms with van der Waals surface area (Å²) < 4.78 is 9.71. The van der Waals surface area contributed by atoms with Crippen LogP contribution in [0.4, 0.5) is 0 Å². The second-order valence-corrected chi connectivity index (χ2v) is 2.53. The van der Waals surface area contributed by atoms with E-state index >= 15 is 0 Å². The van der Waals surface area contributed by atoms with Crippen LogP contribution in [0.15, 0.2) is 17.8 Å². The van der Waals surface area contributed by atoms with Crippen LogP contribution in [0.5, 0.6) is 0 Å². The average molecular weight is 217 g/mol. The summed E-state index contributed by atoms with van der Waals surface area (Å²) in [6.07, 6.45) is 0.237. The maximum atomic E-state index is 10.7. The number of aliphatic hydroxyl groups excluding tert-OH is 1. The highest BCUT2D eigenvalue weighted by Gasteiger charge is 2.21. The van der Waals surface area contributed by atoms with Crippen molar-refractivity contribution in [2.24, 2.45) is 5.16 Å². The number of nitrogens with zero attached hydrogens (tertiary/aromatic N) is 1. The van der Waals surface area contributed by atoms with Gasteiger partial charge in [-0.05, 0) is 0 Å². The molecule has 0 radical (unpaired) electrons. The van der Waals surface area contributed by atoms with Crippen molar-refractivity contribution < 1.29 is 24.2 Å². The van der Waals surface area contributed by atoms with Crippen molar-refractivity contribution in [3.05, 3.63) is 12.7 Å². The number of hydrogen-bond donors (Lipinski definition) is 1. The lowest BCUT2D eigenvalue weighted by molar-refractivity contribution is -0.188. The predicted octanol–water partition coefficient (Wildman–Crippen LogP) is 0.0713. The van der Waals surface area contributed by atoms with Gasteiger partial charge in [-0.3, -0.25) is 4.79 Å². The monoisotopic (exact) mass is 217 g/mol. The van der Waals surface area contributed by atoms with Gasteiger partial charge in [0.25, 0.3) is 0 Å². The van der Waals surface area contributed by atoms with Gasteiger partial charge in [0.15, 0.2) is 6.10 Å². The van der Waals surface area contributed by atoms with Crippen LogP contribution in [0.3, 0.4) is 0 Å². The zero-order valence-electron chi connectivity index (χ0n) is 8.75. The highest BCUT2D eigenvalue weighted by molar-refractivity contribution is 5.68. The molecular weight excluding hydrogens is 202 g/mol. The van der Waals surface area contributed by atoms with Crippen LogP contribution < -0.4 is 0 Å².